The molecule has 1 aliphatic carbocycles. The maximum absolute atomic E-state index is 6.26. The molecular weight excluding hydrogens is 562 g/mol. The molecule has 4 heteroatoms. The van der Waals surface area contributed by atoms with Crippen molar-refractivity contribution in [1.29, 1.82) is 0 Å². The second-order valence-corrected chi connectivity index (χ2v) is 12.5. The maximum Gasteiger partial charge on any atom is 0.164 e. The van der Waals surface area contributed by atoms with E-state index in [1.165, 1.54) is 38.6 Å². The first-order valence-electron chi connectivity index (χ1n) is 15.6. The number of rotatable bonds is 4. The number of hydrogen-bond donors (Lipinski definition) is 0. The van der Waals surface area contributed by atoms with Crippen LogP contribution in [0.15, 0.2) is 144 Å². The van der Waals surface area contributed by atoms with Gasteiger partial charge in [0.25, 0.3) is 0 Å². The van der Waals surface area contributed by atoms with Gasteiger partial charge in [-0.3, -0.25) is 0 Å². The Morgan fingerprint density at radius 3 is 1.63 bits per heavy atom. The molecule has 0 saturated heterocycles. The van der Waals surface area contributed by atoms with Crippen LogP contribution in [0.2, 0.25) is 0 Å². The molecule has 0 unspecified atom stereocenters. The molecule has 0 atom stereocenters. The van der Waals surface area contributed by atoms with E-state index in [1.807, 2.05) is 66.7 Å². The van der Waals surface area contributed by atoms with Crippen molar-refractivity contribution in [1.82, 2.24) is 15.0 Å². The first-order valence-corrected chi connectivity index (χ1v) is 15.6. The van der Waals surface area contributed by atoms with Gasteiger partial charge in [0.15, 0.2) is 17.5 Å². The van der Waals surface area contributed by atoms with Crippen LogP contribution in [0.25, 0.3) is 78.4 Å². The molecule has 1 aliphatic rings. The zero-order chi connectivity index (χ0) is 30.8. The zero-order valence-electron chi connectivity index (χ0n) is 25.5. The molecule has 0 radical (unpaired) electrons. The Bertz CT molecular complexity index is 2370. The van der Waals surface area contributed by atoms with Crippen LogP contribution >= 0.6 is 0 Å². The normalized spacial score (nSPS) is 13.2. The number of furan rings is 1. The summed E-state index contributed by atoms with van der Waals surface area (Å²) in [6, 6.07) is 48.3. The molecule has 8 aromatic rings. The SMILES string of the molecule is CC1(C)c2cc(-c3ccc(-c4nc(-c5ccccc5)nc(-c5ccccc5)n4)cc3)ccc2-c2ccc3oc4ccccc4c3c21. The molecule has 0 fully saturated rings. The summed E-state index contributed by atoms with van der Waals surface area (Å²) in [5.41, 5.74) is 12.2. The molecule has 2 heterocycles. The van der Waals surface area contributed by atoms with Crippen LogP contribution in [-0.4, -0.2) is 15.0 Å². The van der Waals surface area contributed by atoms with Gasteiger partial charge < -0.3 is 4.42 Å². The number of hydrogen-bond acceptors (Lipinski definition) is 4. The second kappa shape index (κ2) is 10.1. The van der Waals surface area contributed by atoms with Gasteiger partial charge in [-0.1, -0.05) is 135 Å². The van der Waals surface area contributed by atoms with E-state index in [9.17, 15) is 0 Å². The van der Waals surface area contributed by atoms with E-state index < -0.39 is 0 Å². The molecule has 6 aromatic carbocycles. The fourth-order valence-corrected chi connectivity index (χ4v) is 7.05. The Kier molecular flexibility index (Phi) is 5.81. The predicted octanol–water partition coefficient (Wildman–Crippen LogP) is 10.7. The number of fused-ring (bicyclic) bond motifs is 7. The zero-order valence-corrected chi connectivity index (χ0v) is 25.5. The Morgan fingerprint density at radius 2 is 0.978 bits per heavy atom. The summed E-state index contributed by atoms with van der Waals surface area (Å²) in [7, 11) is 0. The Hall–Kier alpha value is -5.87. The van der Waals surface area contributed by atoms with Gasteiger partial charge in [-0.15, -0.1) is 0 Å². The molecule has 2 aromatic heterocycles. The second-order valence-electron chi connectivity index (χ2n) is 12.5. The Balaban J connectivity index is 1.11. The lowest BCUT2D eigenvalue weighted by molar-refractivity contribution is 0.657. The van der Waals surface area contributed by atoms with Crippen LogP contribution in [0.1, 0.15) is 25.0 Å². The summed E-state index contributed by atoms with van der Waals surface area (Å²) in [4.78, 5) is 14.6. The van der Waals surface area contributed by atoms with Crippen LogP contribution < -0.4 is 0 Å². The lowest BCUT2D eigenvalue weighted by atomic mass is 9.80. The Labute approximate surface area is 267 Å². The predicted molar refractivity (Wildman–Crippen MR) is 186 cm³/mol. The van der Waals surface area contributed by atoms with E-state index in [4.69, 9.17) is 19.4 Å². The first-order chi connectivity index (χ1) is 22.5. The average molecular weight is 592 g/mol. The van der Waals surface area contributed by atoms with Crippen LogP contribution in [0.5, 0.6) is 0 Å². The monoisotopic (exact) mass is 591 g/mol. The molecule has 218 valence electrons. The van der Waals surface area contributed by atoms with E-state index in [0.717, 1.165) is 33.4 Å². The highest BCUT2D eigenvalue weighted by Gasteiger charge is 2.38. The third-order valence-corrected chi connectivity index (χ3v) is 9.33. The van der Waals surface area contributed by atoms with E-state index >= 15 is 0 Å². The van der Waals surface area contributed by atoms with Crippen molar-refractivity contribution < 1.29 is 4.42 Å². The molecule has 0 spiro atoms. The average Bonchev–Trinajstić information content (AvgIpc) is 3.60. The standard InChI is InChI=1S/C42H29N3O/c1-42(2)34-25-30(21-22-31(34)32-23-24-36-37(38(32)42)33-15-9-10-16-35(33)46-36)26-17-19-29(20-18-26)41-44-39(27-11-5-3-6-12-27)43-40(45-41)28-13-7-4-8-14-28/h3-25H,1-2H3. The van der Waals surface area contributed by atoms with Gasteiger partial charge in [-0.25, -0.2) is 15.0 Å². The van der Waals surface area contributed by atoms with Gasteiger partial charge in [0, 0.05) is 32.9 Å². The fraction of sp³-hybridized carbons (Fsp3) is 0.0714. The number of nitrogens with zero attached hydrogens (tertiary/aromatic N) is 3. The molecule has 4 nitrogen and oxygen atoms in total. The quantitative estimate of drug-likeness (QED) is 0.204. The molecule has 0 saturated carbocycles. The highest BCUT2D eigenvalue weighted by Crippen LogP contribution is 2.53. The maximum atomic E-state index is 6.26. The van der Waals surface area contributed by atoms with Gasteiger partial charge in [-0.2, -0.15) is 0 Å². The van der Waals surface area contributed by atoms with Gasteiger partial charge >= 0.3 is 0 Å². The minimum Gasteiger partial charge on any atom is -0.456 e. The highest BCUT2D eigenvalue weighted by atomic mass is 16.3. The summed E-state index contributed by atoms with van der Waals surface area (Å²) < 4.78 is 6.26. The number of benzene rings is 6. The molecular formula is C42H29N3O. The minimum atomic E-state index is -0.181. The summed E-state index contributed by atoms with van der Waals surface area (Å²) >= 11 is 0. The van der Waals surface area contributed by atoms with E-state index in [-0.39, 0.29) is 5.41 Å². The van der Waals surface area contributed by atoms with E-state index in [2.05, 4.69) is 86.6 Å². The largest absolute Gasteiger partial charge is 0.456 e. The van der Waals surface area contributed by atoms with Gasteiger partial charge in [0.1, 0.15) is 11.2 Å². The minimum absolute atomic E-state index is 0.181. The van der Waals surface area contributed by atoms with Gasteiger partial charge in [0.05, 0.1) is 0 Å². The van der Waals surface area contributed by atoms with Crippen molar-refractivity contribution in [2.24, 2.45) is 0 Å². The topological polar surface area (TPSA) is 51.8 Å². The van der Waals surface area contributed by atoms with Gasteiger partial charge in [0.2, 0.25) is 0 Å². The van der Waals surface area contributed by atoms with Crippen molar-refractivity contribution in [2.45, 2.75) is 19.3 Å². The van der Waals surface area contributed by atoms with E-state index in [1.54, 1.807) is 0 Å². The van der Waals surface area contributed by atoms with E-state index in [0.29, 0.717) is 17.5 Å². The molecule has 46 heavy (non-hydrogen) atoms. The fourth-order valence-electron chi connectivity index (χ4n) is 7.05. The first kappa shape index (κ1) is 26.5. The highest BCUT2D eigenvalue weighted by molar-refractivity contribution is 6.11. The lowest BCUT2D eigenvalue weighted by Crippen LogP contribution is -2.15. The molecule has 9 rings (SSSR count). The molecule has 0 aliphatic heterocycles. The number of para-hydroxylation sites is 1. The summed E-state index contributed by atoms with van der Waals surface area (Å²) in [5, 5.41) is 2.40. The number of aromatic nitrogens is 3. The van der Waals surface area contributed by atoms with Crippen molar-refractivity contribution in [2.75, 3.05) is 0 Å². The van der Waals surface area contributed by atoms with Crippen LogP contribution in [0.4, 0.5) is 0 Å². The summed E-state index contributed by atoms with van der Waals surface area (Å²) in [5.74, 6) is 1.98. The molecule has 0 amide bonds. The van der Waals surface area contributed by atoms with Crippen molar-refractivity contribution in [3.05, 3.63) is 151 Å². The van der Waals surface area contributed by atoms with Crippen molar-refractivity contribution in [3.8, 4) is 56.4 Å². The summed E-state index contributed by atoms with van der Waals surface area (Å²) in [6.07, 6.45) is 0. The molecule has 0 bridgehead atoms. The van der Waals surface area contributed by atoms with Crippen LogP contribution in [0, 0.1) is 0 Å². The lowest BCUT2D eigenvalue weighted by Gasteiger charge is -2.23. The van der Waals surface area contributed by atoms with Gasteiger partial charge in [-0.05, 0) is 51.6 Å². The third kappa shape index (κ3) is 4.11. The van der Waals surface area contributed by atoms with Crippen molar-refractivity contribution >= 4 is 21.9 Å². The van der Waals surface area contributed by atoms with Crippen molar-refractivity contribution in [3.63, 3.8) is 0 Å². The van der Waals surface area contributed by atoms with Crippen LogP contribution in [-0.2, 0) is 5.41 Å². The molecule has 0 N–H and O–H groups in total. The summed E-state index contributed by atoms with van der Waals surface area (Å²) in [6.45, 7) is 4.67. The van der Waals surface area contributed by atoms with Crippen LogP contribution in [0.3, 0.4) is 0 Å². The smallest absolute Gasteiger partial charge is 0.164 e. The Morgan fingerprint density at radius 1 is 0.457 bits per heavy atom. The third-order valence-electron chi connectivity index (χ3n) is 9.33.